The summed E-state index contributed by atoms with van der Waals surface area (Å²) in [6.45, 7) is 0. The van der Waals surface area contributed by atoms with Gasteiger partial charge in [-0.3, -0.25) is 0 Å². The Morgan fingerprint density at radius 1 is 1.18 bits per heavy atom. The van der Waals surface area contributed by atoms with Crippen molar-refractivity contribution in [3.63, 3.8) is 0 Å². The molecule has 54 valence electrons. The molecule has 1 aromatic heterocycles. The minimum atomic E-state index is 0. The van der Waals surface area contributed by atoms with E-state index >= 15 is 0 Å². The molecule has 11 heavy (non-hydrogen) atoms. The number of hydrogen-bond donors (Lipinski definition) is 1. The van der Waals surface area contributed by atoms with Crippen LogP contribution in [0.1, 0.15) is 1.43 Å². The van der Waals surface area contributed by atoms with Gasteiger partial charge in [0.15, 0.2) is 0 Å². The van der Waals surface area contributed by atoms with Crippen LogP contribution < -0.4 is 5.73 Å². The van der Waals surface area contributed by atoms with Crippen LogP contribution in [0.25, 0.3) is 10.9 Å². The van der Waals surface area contributed by atoms with Crippen molar-refractivity contribution < 1.29 is 1.43 Å². The first kappa shape index (κ1) is 6.09. The summed E-state index contributed by atoms with van der Waals surface area (Å²) in [7, 11) is 0. The van der Waals surface area contributed by atoms with E-state index in [1.54, 1.807) is 0 Å². The summed E-state index contributed by atoms with van der Waals surface area (Å²) in [4.78, 5) is 7.92. The number of anilines is 1. The average Bonchev–Trinajstić information content (AvgIpc) is 2.06. The van der Waals surface area contributed by atoms with Gasteiger partial charge in [-0.05, 0) is 12.1 Å². The predicted molar refractivity (Wildman–Crippen MR) is 45.1 cm³/mol. The fourth-order valence-corrected chi connectivity index (χ4v) is 1.03. The largest absolute Gasteiger partial charge is 1.00 e. The first-order valence-corrected chi connectivity index (χ1v) is 3.33. The molecule has 2 rings (SSSR count). The molecule has 0 aliphatic carbocycles. The Morgan fingerprint density at radius 3 is 2.82 bits per heavy atom. The van der Waals surface area contributed by atoms with Crippen LogP contribution in [-0.4, -0.2) is 9.97 Å². The number of nitrogens with zero attached hydrogens (tertiary/aromatic N) is 2. The van der Waals surface area contributed by atoms with Crippen LogP contribution in [-0.2, 0) is 0 Å². The summed E-state index contributed by atoms with van der Waals surface area (Å²) in [5.41, 5.74) is 6.49. The Morgan fingerprint density at radius 2 is 2.00 bits per heavy atom. The summed E-state index contributed by atoms with van der Waals surface area (Å²) in [6, 6.07) is 7.66. The number of aromatic nitrogens is 2. The van der Waals surface area contributed by atoms with Crippen molar-refractivity contribution in [1.82, 2.24) is 9.97 Å². The smallest absolute Gasteiger partial charge is 0.383 e. The number of nitrogens with two attached hydrogens (primary N) is 1. The highest BCUT2D eigenvalue weighted by atomic mass is 14.9. The minimum Gasteiger partial charge on any atom is -0.383 e. The summed E-state index contributed by atoms with van der Waals surface area (Å²) < 4.78 is 0. The first-order valence-electron chi connectivity index (χ1n) is 3.33. The molecule has 0 spiro atoms. The fourth-order valence-electron chi connectivity index (χ4n) is 1.03. The zero-order valence-electron chi connectivity index (χ0n) is 6.86. The third-order valence-electron chi connectivity index (χ3n) is 1.57. The molecule has 0 saturated carbocycles. The summed E-state index contributed by atoms with van der Waals surface area (Å²) >= 11 is 0. The second-order valence-corrected chi connectivity index (χ2v) is 2.28. The van der Waals surface area contributed by atoms with E-state index in [1.807, 2.05) is 24.3 Å². The zero-order chi connectivity index (χ0) is 7.68. The van der Waals surface area contributed by atoms with Gasteiger partial charge in [-0.15, -0.1) is 0 Å². The van der Waals surface area contributed by atoms with Crippen LogP contribution in [0.5, 0.6) is 0 Å². The third-order valence-corrected chi connectivity index (χ3v) is 1.57. The molecule has 0 bridgehead atoms. The number of hydrogen-bond acceptors (Lipinski definition) is 3. The van der Waals surface area contributed by atoms with E-state index in [0.29, 0.717) is 5.82 Å². The Bertz CT molecular complexity index is 383. The van der Waals surface area contributed by atoms with E-state index in [-0.39, 0.29) is 1.43 Å². The number of nitrogen functional groups attached to an aromatic ring is 1. The van der Waals surface area contributed by atoms with Crippen LogP contribution in [0.2, 0.25) is 0 Å². The van der Waals surface area contributed by atoms with Gasteiger partial charge in [-0.2, -0.15) is 0 Å². The SMILES string of the molecule is Nc1ncnc2ccccc12.[H+]. The van der Waals surface area contributed by atoms with Gasteiger partial charge in [0.05, 0.1) is 5.52 Å². The Labute approximate surface area is 65.4 Å². The molecule has 0 saturated heterocycles. The molecule has 1 heterocycles. The standard InChI is InChI=1S/C8H7N3/c9-8-6-3-1-2-4-7(6)10-5-11-8/h1-5H,(H2,9,10,11)/p+1. The maximum Gasteiger partial charge on any atom is 1.00 e. The van der Waals surface area contributed by atoms with Crippen molar-refractivity contribution in [2.45, 2.75) is 0 Å². The molecule has 0 fully saturated rings. The molecule has 0 amide bonds. The molecule has 0 aliphatic rings. The van der Waals surface area contributed by atoms with Crippen molar-refractivity contribution in [1.29, 1.82) is 0 Å². The molecule has 0 radical (unpaired) electrons. The second kappa shape index (κ2) is 2.20. The lowest BCUT2D eigenvalue weighted by atomic mass is 10.2. The van der Waals surface area contributed by atoms with Crippen molar-refractivity contribution in [2.75, 3.05) is 5.73 Å². The van der Waals surface area contributed by atoms with Crippen LogP contribution >= 0.6 is 0 Å². The molecule has 2 N–H and O–H groups in total. The van der Waals surface area contributed by atoms with E-state index < -0.39 is 0 Å². The molecule has 3 heteroatoms. The van der Waals surface area contributed by atoms with Crippen LogP contribution in [0.15, 0.2) is 30.6 Å². The topological polar surface area (TPSA) is 51.8 Å². The Kier molecular flexibility index (Phi) is 1.22. The van der Waals surface area contributed by atoms with Gasteiger partial charge in [-0.25, -0.2) is 9.97 Å². The van der Waals surface area contributed by atoms with Crippen LogP contribution in [0.4, 0.5) is 5.82 Å². The Hall–Kier alpha value is -1.64. The molecule has 1 aromatic carbocycles. The summed E-state index contributed by atoms with van der Waals surface area (Å²) in [5, 5.41) is 0.912. The van der Waals surface area contributed by atoms with Crippen molar-refractivity contribution in [3.8, 4) is 0 Å². The number of rotatable bonds is 0. The third kappa shape index (κ3) is 0.902. The highest BCUT2D eigenvalue weighted by Crippen LogP contribution is 2.14. The summed E-state index contributed by atoms with van der Waals surface area (Å²) in [6.07, 6.45) is 1.47. The molecule has 2 aromatic rings. The highest BCUT2D eigenvalue weighted by molar-refractivity contribution is 5.87. The number of benzene rings is 1. The zero-order valence-corrected chi connectivity index (χ0v) is 5.86. The van der Waals surface area contributed by atoms with Crippen molar-refractivity contribution in [2.24, 2.45) is 0 Å². The van der Waals surface area contributed by atoms with E-state index in [2.05, 4.69) is 9.97 Å². The molecule has 0 aliphatic heterocycles. The second-order valence-electron chi connectivity index (χ2n) is 2.28. The molecule has 0 atom stereocenters. The fraction of sp³-hybridized carbons (Fsp3) is 0. The maximum absolute atomic E-state index is 5.61. The van der Waals surface area contributed by atoms with Gasteiger partial charge in [0.2, 0.25) is 0 Å². The predicted octanol–water partition coefficient (Wildman–Crippen LogP) is 1.32. The molecular weight excluding hydrogens is 138 g/mol. The van der Waals surface area contributed by atoms with Gasteiger partial charge >= 0.3 is 1.43 Å². The van der Waals surface area contributed by atoms with E-state index in [9.17, 15) is 0 Å². The minimum absolute atomic E-state index is 0. The maximum atomic E-state index is 5.61. The van der Waals surface area contributed by atoms with Gasteiger partial charge in [0.1, 0.15) is 12.1 Å². The lowest BCUT2D eigenvalue weighted by Gasteiger charge is -1.96. The molecule has 0 unspecified atom stereocenters. The number of fused-ring (bicyclic) bond motifs is 1. The molecular formula is C8H8N3+. The first-order chi connectivity index (χ1) is 5.38. The van der Waals surface area contributed by atoms with Gasteiger partial charge in [0, 0.05) is 5.39 Å². The highest BCUT2D eigenvalue weighted by Gasteiger charge is 1.95. The van der Waals surface area contributed by atoms with Crippen LogP contribution in [0.3, 0.4) is 0 Å². The quantitative estimate of drug-likeness (QED) is 0.609. The number of para-hydroxylation sites is 1. The van der Waals surface area contributed by atoms with Gasteiger partial charge < -0.3 is 5.73 Å². The Balaban J connectivity index is 0.000000720. The van der Waals surface area contributed by atoms with Crippen LogP contribution in [0, 0.1) is 0 Å². The van der Waals surface area contributed by atoms with Crippen molar-refractivity contribution in [3.05, 3.63) is 30.6 Å². The monoisotopic (exact) mass is 146 g/mol. The average molecular weight is 146 g/mol. The van der Waals surface area contributed by atoms with E-state index in [4.69, 9.17) is 5.73 Å². The lowest BCUT2D eigenvalue weighted by molar-refractivity contribution is 1.23. The molecule has 3 nitrogen and oxygen atoms in total. The van der Waals surface area contributed by atoms with E-state index in [0.717, 1.165) is 10.9 Å². The van der Waals surface area contributed by atoms with Gasteiger partial charge in [0.25, 0.3) is 0 Å². The summed E-state index contributed by atoms with van der Waals surface area (Å²) in [5.74, 6) is 0.538. The normalized spacial score (nSPS) is 10.2. The van der Waals surface area contributed by atoms with E-state index in [1.165, 1.54) is 6.33 Å². The van der Waals surface area contributed by atoms with Crippen molar-refractivity contribution >= 4 is 16.7 Å². The van der Waals surface area contributed by atoms with Gasteiger partial charge in [-0.1, -0.05) is 12.1 Å². The lowest BCUT2D eigenvalue weighted by Crippen LogP contribution is -1.91.